The van der Waals surface area contributed by atoms with Crippen LogP contribution in [-0.2, 0) is 4.79 Å². The second-order valence-electron chi connectivity index (χ2n) is 4.78. The van der Waals surface area contributed by atoms with Crippen LogP contribution >= 0.6 is 11.6 Å². The van der Waals surface area contributed by atoms with Crippen LogP contribution in [0.15, 0.2) is 57.7 Å². The van der Waals surface area contributed by atoms with Crippen molar-refractivity contribution < 1.29 is 19.1 Å². The quantitative estimate of drug-likeness (QED) is 0.791. The number of ether oxygens (including phenoxy) is 1. The van der Waals surface area contributed by atoms with Crippen LogP contribution in [0.1, 0.15) is 0 Å². The Morgan fingerprint density at radius 1 is 1.17 bits per heavy atom. The highest BCUT2D eigenvalue weighted by Crippen LogP contribution is 2.31. The molecule has 0 amide bonds. The molecule has 0 fully saturated rings. The van der Waals surface area contributed by atoms with E-state index in [-0.39, 0.29) is 16.9 Å². The van der Waals surface area contributed by atoms with E-state index in [1.165, 1.54) is 6.07 Å². The van der Waals surface area contributed by atoms with Crippen molar-refractivity contribution in [1.82, 2.24) is 0 Å². The van der Waals surface area contributed by atoms with Crippen molar-refractivity contribution in [3.8, 4) is 17.1 Å². The fourth-order valence-corrected chi connectivity index (χ4v) is 2.37. The molecule has 3 rings (SSSR count). The van der Waals surface area contributed by atoms with Crippen molar-refractivity contribution in [2.75, 3.05) is 6.61 Å². The second kappa shape index (κ2) is 6.14. The molecule has 1 heterocycles. The fraction of sp³-hybridized carbons (Fsp3) is 0.0588. The maximum absolute atomic E-state index is 12.7. The number of hydrogen-bond donors (Lipinski definition) is 1. The number of aliphatic carboxylic acids is 1. The molecule has 0 saturated carbocycles. The molecule has 3 aromatic rings. The van der Waals surface area contributed by atoms with Crippen LogP contribution in [0, 0.1) is 0 Å². The minimum absolute atomic E-state index is 0.145. The van der Waals surface area contributed by atoms with Gasteiger partial charge >= 0.3 is 5.97 Å². The molecule has 1 N–H and O–H groups in total. The molecule has 0 radical (unpaired) electrons. The molecule has 0 aliphatic rings. The molecule has 6 heteroatoms. The van der Waals surface area contributed by atoms with Crippen molar-refractivity contribution in [3.05, 3.63) is 63.8 Å². The van der Waals surface area contributed by atoms with Gasteiger partial charge in [-0.1, -0.05) is 41.9 Å². The second-order valence-corrected chi connectivity index (χ2v) is 5.21. The first-order valence-corrected chi connectivity index (χ1v) is 7.10. The molecular weight excluding hydrogens is 320 g/mol. The van der Waals surface area contributed by atoms with E-state index in [1.807, 2.05) is 6.07 Å². The summed E-state index contributed by atoms with van der Waals surface area (Å²) in [5, 5.41) is 9.42. The Morgan fingerprint density at radius 3 is 2.61 bits per heavy atom. The summed E-state index contributed by atoms with van der Waals surface area (Å²) in [7, 11) is 0. The van der Waals surface area contributed by atoms with Gasteiger partial charge in [-0.15, -0.1) is 0 Å². The van der Waals surface area contributed by atoms with Crippen LogP contribution < -0.4 is 10.2 Å². The predicted molar refractivity (Wildman–Crippen MR) is 86.1 cm³/mol. The van der Waals surface area contributed by atoms with Crippen LogP contribution in [-0.4, -0.2) is 17.7 Å². The lowest BCUT2D eigenvalue weighted by molar-refractivity contribution is -0.139. The average Bonchev–Trinajstić information content (AvgIpc) is 2.55. The third-order valence-electron chi connectivity index (χ3n) is 3.19. The lowest BCUT2D eigenvalue weighted by Gasteiger charge is -2.10. The van der Waals surface area contributed by atoms with Gasteiger partial charge in [0.15, 0.2) is 12.4 Å². The van der Waals surface area contributed by atoms with Gasteiger partial charge in [0, 0.05) is 10.6 Å². The van der Waals surface area contributed by atoms with Gasteiger partial charge < -0.3 is 14.3 Å². The molecule has 0 spiro atoms. The largest absolute Gasteiger partial charge is 0.479 e. The summed E-state index contributed by atoms with van der Waals surface area (Å²) in [6, 6.07) is 13.5. The molecule has 5 nitrogen and oxygen atoms in total. The summed E-state index contributed by atoms with van der Waals surface area (Å²) in [5.41, 5.74) is 0.497. The van der Waals surface area contributed by atoms with E-state index in [1.54, 1.807) is 36.4 Å². The van der Waals surface area contributed by atoms with E-state index >= 15 is 0 Å². The zero-order valence-corrected chi connectivity index (χ0v) is 12.5. The summed E-state index contributed by atoms with van der Waals surface area (Å²) in [6.07, 6.45) is 0. The average molecular weight is 331 g/mol. The monoisotopic (exact) mass is 330 g/mol. The fourth-order valence-electron chi connectivity index (χ4n) is 2.19. The number of carboxylic acids is 1. The van der Waals surface area contributed by atoms with Crippen molar-refractivity contribution >= 4 is 28.5 Å². The molecule has 0 aliphatic heterocycles. The molecule has 23 heavy (non-hydrogen) atoms. The van der Waals surface area contributed by atoms with Crippen molar-refractivity contribution in [2.45, 2.75) is 0 Å². The van der Waals surface area contributed by atoms with E-state index in [0.29, 0.717) is 16.2 Å². The normalized spacial score (nSPS) is 10.7. The summed E-state index contributed by atoms with van der Waals surface area (Å²) in [6.45, 7) is -0.642. The van der Waals surface area contributed by atoms with E-state index in [2.05, 4.69) is 0 Å². The highest BCUT2D eigenvalue weighted by molar-refractivity contribution is 6.31. The van der Waals surface area contributed by atoms with Crippen LogP contribution in [0.4, 0.5) is 0 Å². The van der Waals surface area contributed by atoms with E-state index in [0.717, 1.165) is 0 Å². The van der Waals surface area contributed by atoms with Gasteiger partial charge in [-0.05, 0) is 18.2 Å². The Morgan fingerprint density at radius 2 is 1.91 bits per heavy atom. The Hall–Kier alpha value is -2.79. The van der Waals surface area contributed by atoms with Gasteiger partial charge in [-0.3, -0.25) is 4.79 Å². The minimum atomic E-state index is -1.19. The first kappa shape index (κ1) is 15.1. The molecule has 0 saturated heterocycles. The lowest BCUT2D eigenvalue weighted by Crippen LogP contribution is -2.16. The molecule has 0 atom stereocenters. The van der Waals surface area contributed by atoms with Gasteiger partial charge in [0.05, 0.1) is 5.39 Å². The number of carbonyl (C=O) groups is 1. The SMILES string of the molecule is O=C(O)COc1c(-c2ccccc2)oc2ccc(Cl)cc2c1=O. The Balaban J connectivity index is 2.28. The Labute approximate surface area is 135 Å². The predicted octanol–water partition coefficient (Wildman–Crippen LogP) is 3.58. The summed E-state index contributed by atoms with van der Waals surface area (Å²) < 4.78 is 11.0. The number of halogens is 1. The number of carboxylic acid groups (broad SMARTS) is 1. The van der Waals surface area contributed by atoms with E-state index in [9.17, 15) is 9.59 Å². The van der Waals surface area contributed by atoms with Gasteiger partial charge in [-0.2, -0.15) is 0 Å². The minimum Gasteiger partial charge on any atom is -0.479 e. The topological polar surface area (TPSA) is 76.7 Å². The van der Waals surface area contributed by atoms with Crippen LogP contribution in [0.2, 0.25) is 5.02 Å². The van der Waals surface area contributed by atoms with E-state index < -0.39 is 18.0 Å². The number of hydrogen-bond acceptors (Lipinski definition) is 4. The van der Waals surface area contributed by atoms with Crippen molar-refractivity contribution in [3.63, 3.8) is 0 Å². The Kier molecular flexibility index (Phi) is 4.04. The molecule has 0 bridgehead atoms. The summed E-state index contributed by atoms with van der Waals surface area (Å²) >= 11 is 5.91. The van der Waals surface area contributed by atoms with Crippen LogP contribution in [0.5, 0.6) is 5.75 Å². The number of benzene rings is 2. The van der Waals surface area contributed by atoms with Gasteiger partial charge in [-0.25, -0.2) is 4.79 Å². The third kappa shape index (κ3) is 3.05. The molecule has 2 aromatic carbocycles. The number of rotatable bonds is 4. The first-order chi connectivity index (χ1) is 11.1. The van der Waals surface area contributed by atoms with Crippen molar-refractivity contribution in [2.24, 2.45) is 0 Å². The standard InChI is InChI=1S/C17H11ClO5/c18-11-6-7-13-12(8-11)15(21)17(22-9-14(19)20)16(23-13)10-4-2-1-3-5-10/h1-8H,9H2,(H,19,20). The zero-order chi connectivity index (χ0) is 16.4. The summed E-state index contributed by atoms with van der Waals surface area (Å²) in [5.74, 6) is -1.14. The Bertz CT molecular complexity index is 931. The summed E-state index contributed by atoms with van der Waals surface area (Å²) in [4.78, 5) is 23.4. The lowest BCUT2D eigenvalue weighted by atomic mass is 10.1. The zero-order valence-electron chi connectivity index (χ0n) is 11.8. The maximum Gasteiger partial charge on any atom is 0.341 e. The highest BCUT2D eigenvalue weighted by atomic mass is 35.5. The highest BCUT2D eigenvalue weighted by Gasteiger charge is 2.18. The van der Waals surface area contributed by atoms with Crippen LogP contribution in [0.3, 0.4) is 0 Å². The maximum atomic E-state index is 12.7. The molecule has 116 valence electrons. The smallest absolute Gasteiger partial charge is 0.341 e. The first-order valence-electron chi connectivity index (χ1n) is 6.72. The van der Waals surface area contributed by atoms with Crippen molar-refractivity contribution in [1.29, 1.82) is 0 Å². The van der Waals surface area contributed by atoms with Gasteiger partial charge in [0.2, 0.25) is 11.2 Å². The molecular formula is C17H11ClO5. The molecule has 0 aliphatic carbocycles. The molecule has 1 aromatic heterocycles. The van der Waals surface area contributed by atoms with Gasteiger partial charge in [0.1, 0.15) is 5.58 Å². The number of fused-ring (bicyclic) bond motifs is 1. The third-order valence-corrected chi connectivity index (χ3v) is 3.42. The van der Waals surface area contributed by atoms with Gasteiger partial charge in [0.25, 0.3) is 0 Å². The van der Waals surface area contributed by atoms with E-state index in [4.69, 9.17) is 25.9 Å². The van der Waals surface area contributed by atoms with Crippen LogP contribution in [0.25, 0.3) is 22.3 Å². The molecule has 0 unspecified atom stereocenters.